The van der Waals surface area contributed by atoms with Crippen LogP contribution in [0.4, 0.5) is 0 Å². The van der Waals surface area contributed by atoms with Gasteiger partial charge in [-0.05, 0) is 23.8 Å². The van der Waals surface area contributed by atoms with Crippen LogP contribution in [0.3, 0.4) is 0 Å². The molecule has 2 aromatic rings. The van der Waals surface area contributed by atoms with Crippen molar-refractivity contribution in [3.05, 3.63) is 61.9 Å². The van der Waals surface area contributed by atoms with E-state index in [4.69, 9.17) is 4.74 Å². The molecule has 2 heterocycles. The summed E-state index contributed by atoms with van der Waals surface area (Å²) >= 11 is 0. The Morgan fingerprint density at radius 2 is 2.00 bits per heavy atom. The molecule has 0 saturated carbocycles. The van der Waals surface area contributed by atoms with Crippen molar-refractivity contribution in [1.82, 2.24) is 9.13 Å². The number of aryl methyl sites for hydroxylation is 1. The average Bonchev–Trinajstić information content (AvgIpc) is 2.95. The number of aromatic nitrogens is 2. The van der Waals surface area contributed by atoms with Crippen LogP contribution < -0.4 is 16.0 Å². The number of carbonyl (C=O) groups is 1. The molecule has 1 aromatic carbocycles. The first-order chi connectivity index (χ1) is 9.99. The van der Waals surface area contributed by atoms with Crippen LogP contribution in [0, 0.1) is 0 Å². The molecule has 0 radical (unpaired) electrons. The molecule has 0 fully saturated rings. The first kappa shape index (κ1) is 13.4. The van der Waals surface area contributed by atoms with Gasteiger partial charge in [-0.1, -0.05) is 0 Å². The molecule has 0 aliphatic carbocycles. The lowest BCUT2D eigenvalue weighted by molar-refractivity contribution is 0.103. The number of benzene rings is 1. The summed E-state index contributed by atoms with van der Waals surface area (Å²) in [4.78, 5) is 36.3. The van der Waals surface area contributed by atoms with E-state index < -0.39 is 11.2 Å². The van der Waals surface area contributed by atoms with E-state index in [-0.39, 0.29) is 11.3 Å². The quantitative estimate of drug-likeness (QED) is 0.742. The van der Waals surface area contributed by atoms with Crippen LogP contribution in [-0.4, -0.2) is 21.5 Å². The predicted octanol–water partition coefficient (Wildman–Crippen LogP) is 0.250. The van der Waals surface area contributed by atoms with Gasteiger partial charge in [0.25, 0.3) is 5.56 Å². The lowest BCUT2D eigenvalue weighted by Gasteiger charge is -2.07. The van der Waals surface area contributed by atoms with Gasteiger partial charge in [0.2, 0.25) is 0 Å². The van der Waals surface area contributed by atoms with Crippen molar-refractivity contribution >= 4 is 5.78 Å². The molecular formula is C15H14N2O4. The second kappa shape index (κ2) is 4.73. The van der Waals surface area contributed by atoms with Crippen molar-refractivity contribution < 1.29 is 9.53 Å². The van der Waals surface area contributed by atoms with Gasteiger partial charge in [-0.15, -0.1) is 0 Å². The van der Waals surface area contributed by atoms with Gasteiger partial charge >= 0.3 is 5.69 Å². The Kier molecular flexibility index (Phi) is 3.01. The van der Waals surface area contributed by atoms with Crippen LogP contribution in [0.1, 0.15) is 21.5 Å². The Morgan fingerprint density at radius 1 is 1.24 bits per heavy atom. The zero-order chi connectivity index (χ0) is 15.1. The molecule has 3 rings (SSSR count). The maximum atomic E-state index is 12.5. The highest BCUT2D eigenvalue weighted by atomic mass is 16.5. The number of rotatable bonds is 2. The SMILES string of the molecule is Cn1cc(C(=O)c2ccc3c(c2)CCO3)c(=O)n(C)c1=O. The molecule has 0 spiro atoms. The average molecular weight is 286 g/mol. The van der Waals surface area contributed by atoms with E-state index in [9.17, 15) is 14.4 Å². The third-order valence-electron chi connectivity index (χ3n) is 3.64. The summed E-state index contributed by atoms with van der Waals surface area (Å²) < 4.78 is 7.56. The molecular weight excluding hydrogens is 272 g/mol. The van der Waals surface area contributed by atoms with Crippen molar-refractivity contribution in [1.29, 1.82) is 0 Å². The Bertz CT molecular complexity index is 861. The van der Waals surface area contributed by atoms with E-state index in [1.165, 1.54) is 24.9 Å². The Morgan fingerprint density at radius 3 is 2.76 bits per heavy atom. The number of hydrogen-bond donors (Lipinski definition) is 0. The number of ether oxygens (including phenoxy) is 1. The lowest BCUT2D eigenvalue weighted by atomic mass is 10.0. The number of nitrogens with zero attached hydrogens (tertiary/aromatic N) is 2. The minimum Gasteiger partial charge on any atom is -0.493 e. The molecule has 0 saturated heterocycles. The van der Waals surface area contributed by atoms with Gasteiger partial charge in [0.1, 0.15) is 11.3 Å². The van der Waals surface area contributed by atoms with Crippen LogP contribution in [0.25, 0.3) is 0 Å². The maximum absolute atomic E-state index is 12.5. The van der Waals surface area contributed by atoms with Gasteiger partial charge in [0.05, 0.1) is 6.61 Å². The van der Waals surface area contributed by atoms with Crippen molar-refractivity contribution in [2.45, 2.75) is 6.42 Å². The van der Waals surface area contributed by atoms with Crippen LogP contribution >= 0.6 is 0 Å². The summed E-state index contributed by atoms with van der Waals surface area (Å²) in [5.74, 6) is 0.390. The van der Waals surface area contributed by atoms with E-state index in [1.807, 2.05) is 0 Å². The molecule has 1 aliphatic heterocycles. The standard InChI is InChI=1S/C15H14N2O4/c1-16-8-11(14(19)17(2)15(16)20)13(18)10-3-4-12-9(7-10)5-6-21-12/h3-4,7-8H,5-6H2,1-2H3. The zero-order valence-corrected chi connectivity index (χ0v) is 11.8. The van der Waals surface area contributed by atoms with Crippen LogP contribution in [-0.2, 0) is 20.5 Å². The second-order valence-corrected chi connectivity index (χ2v) is 5.05. The van der Waals surface area contributed by atoms with E-state index in [0.29, 0.717) is 12.2 Å². The summed E-state index contributed by atoms with van der Waals surface area (Å²) in [6.45, 7) is 0.606. The molecule has 0 amide bonds. The Balaban J connectivity index is 2.11. The molecule has 108 valence electrons. The van der Waals surface area contributed by atoms with Crippen LogP contribution in [0.2, 0.25) is 0 Å². The smallest absolute Gasteiger partial charge is 0.330 e. The maximum Gasteiger partial charge on any atom is 0.330 e. The molecule has 6 nitrogen and oxygen atoms in total. The van der Waals surface area contributed by atoms with Crippen molar-refractivity contribution in [2.24, 2.45) is 14.1 Å². The highest BCUT2D eigenvalue weighted by Crippen LogP contribution is 2.26. The van der Waals surface area contributed by atoms with Gasteiger partial charge < -0.3 is 9.30 Å². The molecule has 0 atom stereocenters. The fourth-order valence-corrected chi connectivity index (χ4v) is 2.45. The fourth-order valence-electron chi connectivity index (χ4n) is 2.45. The summed E-state index contributed by atoms with van der Waals surface area (Å²) in [6.07, 6.45) is 2.04. The molecule has 1 aliphatic rings. The van der Waals surface area contributed by atoms with Gasteiger partial charge in [-0.2, -0.15) is 0 Å². The lowest BCUT2D eigenvalue weighted by Crippen LogP contribution is -2.39. The number of hydrogen-bond acceptors (Lipinski definition) is 4. The number of fused-ring (bicyclic) bond motifs is 1. The molecule has 0 bridgehead atoms. The highest BCUT2D eigenvalue weighted by molar-refractivity contribution is 6.08. The van der Waals surface area contributed by atoms with Crippen LogP contribution in [0.5, 0.6) is 5.75 Å². The van der Waals surface area contributed by atoms with Gasteiger partial charge in [-0.3, -0.25) is 14.2 Å². The first-order valence-corrected chi connectivity index (χ1v) is 6.56. The zero-order valence-electron chi connectivity index (χ0n) is 11.8. The Labute approximate surface area is 120 Å². The summed E-state index contributed by atoms with van der Waals surface area (Å²) in [5, 5.41) is 0. The summed E-state index contributed by atoms with van der Waals surface area (Å²) in [6, 6.07) is 5.12. The third kappa shape index (κ3) is 2.08. The van der Waals surface area contributed by atoms with Gasteiger partial charge in [-0.25, -0.2) is 4.79 Å². The number of carbonyl (C=O) groups excluding carboxylic acids is 1. The van der Waals surface area contributed by atoms with Crippen LogP contribution in [0.15, 0.2) is 34.0 Å². The monoisotopic (exact) mass is 286 g/mol. The van der Waals surface area contributed by atoms with E-state index in [1.54, 1.807) is 18.2 Å². The highest BCUT2D eigenvalue weighted by Gasteiger charge is 2.19. The van der Waals surface area contributed by atoms with Gasteiger partial charge in [0.15, 0.2) is 5.78 Å². The molecule has 1 aromatic heterocycles. The van der Waals surface area contributed by atoms with Crippen molar-refractivity contribution in [3.8, 4) is 5.75 Å². The molecule has 21 heavy (non-hydrogen) atoms. The Hall–Kier alpha value is -2.63. The largest absolute Gasteiger partial charge is 0.493 e. The summed E-state index contributed by atoms with van der Waals surface area (Å²) in [5.41, 5.74) is 0.328. The third-order valence-corrected chi connectivity index (χ3v) is 3.64. The van der Waals surface area contributed by atoms with E-state index in [0.717, 1.165) is 22.3 Å². The topological polar surface area (TPSA) is 70.3 Å². The van der Waals surface area contributed by atoms with E-state index in [2.05, 4.69) is 0 Å². The van der Waals surface area contributed by atoms with Crippen molar-refractivity contribution in [2.75, 3.05) is 6.61 Å². The minimum absolute atomic E-state index is 0.0153. The fraction of sp³-hybridized carbons (Fsp3) is 0.267. The number of ketones is 1. The summed E-state index contributed by atoms with van der Waals surface area (Å²) in [7, 11) is 2.87. The van der Waals surface area contributed by atoms with Gasteiger partial charge in [0, 0.05) is 32.3 Å². The van der Waals surface area contributed by atoms with Crippen molar-refractivity contribution in [3.63, 3.8) is 0 Å². The molecule has 6 heteroatoms. The normalized spacial score (nSPS) is 12.9. The predicted molar refractivity (Wildman–Crippen MR) is 76.0 cm³/mol. The first-order valence-electron chi connectivity index (χ1n) is 6.56. The second-order valence-electron chi connectivity index (χ2n) is 5.05. The molecule has 0 N–H and O–H groups in total. The molecule has 0 unspecified atom stereocenters. The van der Waals surface area contributed by atoms with E-state index >= 15 is 0 Å². The minimum atomic E-state index is -0.583.